The Hall–Kier alpha value is -1.39. The van der Waals surface area contributed by atoms with Gasteiger partial charge in [-0.3, -0.25) is 4.79 Å². The molecule has 0 spiro atoms. The molecular formula is C14H21NO3. The molecule has 4 heteroatoms. The van der Waals surface area contributed by atoms with Crippen LogP contribution in [0.4, 0.5) is 0 Å². The molecule has 0 amide bonds. The van der Waals surface area contributed by atoms with Crippen molar-refractivity contribution in [2.24, 2.45) is 5.73 Å². The SMILES string of the molecule is CCOC(=O)C(CN)(COC)c1cccc(C)c1. The first-order chi connectivity index (χ1) is 8.60. The van der Waals surface area contributed by atoms with Gasteiger partial charge < -0.3 is 15.2 Å². The first kappa shape index (κ1) is 14.7. The number of methoxy groups -OCH3 is 1. The fourth-order valence-electron chi connectivity index (χ4n) is 1.98. The molecule has 18 heavy (non-hydrogen) atoms. The molecule has 1 aromatic rings. The minimum absolute atomic E-state index is 0.156. The Morgan fingerprint density at radius 1 is 1.44 bits per heavy atom. The quantitative estimate of drug-likeness (QED) is 0.776. The number of carbonyl (C=O) groups is 1. The predicted octanol–water partition coefficient (Wildman–Crippen LogP) is 1.40. The van der Waals surface area contributed by atoms with Crippen molar-refractivity contribution in [2.75, 3.05) is 26.9 Å². The lowest BCUT2D eigenvalue weighted by Gasteiger charge is -2.30. The van der Waals surface area contributed by atoms with Crippen LogP contribution >= 0.6 is 0 Å². The van der Waals surface area contributed by atoms with Crippen molar-refractivity contribution < 1.29 is 14.3 Å². The number of nitrogens with two attached hydrogens (primary N) is 1. The summed E-state index contributed by atoms with van der Waals surface area (Å²) in [4.78, 5) is 12.2. The van der Waals surface area contributed by atoms with Gasteiger partial charge >= 0.3 is 5.97 Å². The summed E-state index contributed by atoms with van der Waals surface area (Å²) in [6.07, 6.45) is 0. The lowest BCUT2D eigenvalue weighted by Crippen LogP contribution is -2.47. The van der Waals surface area contributed by atoms with Gasteiger partial charge in [-0.25, -0.2) is 0 Å². The number of carbonyl (C=O) groups excluding carboxylic acids is 1. The van der Waals surface area contributed by atoms with E-state index in [4.69, 9.17) is 15.2 Å². The van der Waals surface area contributed by atoms with Crippen LogP contribution in [0.3, 0.4) is 0 Å². The Morgan fingerprint density at radius 2 is 2.17 bits per heavy atom. The van der Waals surface area contributed by atoms with Crippen LogP contribution in [-0.4, -0.2) is 32.8 Å². The molecule has 0 saturated heterocycles. The van der Waals surface area contributed by atoms with Crippen molar-refractivity contribution in [1.82, 2.24) is 0 Å². The second kappa shape index (κ2) is 6.52. The molecule has 0 heterocycles. The van der Waals surface area contributed by atoms with E-state index in [9.17, 15) is 4.79 Å². The summed E-state index contributed by atoms with van der Waals surface area (Å²) in [5.74, 6) is -0.333. The van der Waals surface area contributed by atoms with Gasteiger partial charge in [0.2, 0.25) is 0 Å². The Morgan fingerprint density at radius 3 is 2.67 bits per heavy atom. The topological polar surface area (TPSA) is 61.5 Å². The molecule has 100 valence electrons. The molecule has 0 radical (unpaired) electrons. The first-order valence-electron chi connectivity index (χ1n) is 6.04. The summed E-state index contributed by atoms with van der Waals surface area (Å²) in [7, 11) is 1.55. The Bertz CT molecular complexity index is 406. The lowest BCUT2D eigenvalue weighted by molar-refractivity contribution is -0.152. The molecule has 1 atom stereocenters. The van der Waals surface area contributed by atoms with Crippen LogP contribution < -0.4 is 5.73 Å². The van der Waals surface area contributed by atoms with Gasteiger partial charge in [-0.05, 0) is 19.4 Å². The normalized spacial score (nSPS) is 14.0. The molecule has 0 aromatic heterocycles. The second-order valence-corrected chi connectivity index (χ2v) is 4.31. The van der Waals surface area contributed by atoms with E-state index in [1.807, 2.05) is 31.2 Å². The minimum Gasteiger partial charge on any atom is -0.465 e. The predicted molar refractivity (Wildman–Crippen MR) is 70.4 cm³/mol. The van der Waals surface area contributed by atoms with Gasteiger partial charge in [0.05, 0.1) is 13.2 Å². The van der Waals surface area contributed by atoms with Crippen molar-refractivity contribution in [3.8, 4) is 0 Å². The maximum Gasteiger partial charge on any atom is 0.320 e. The zero-order chi connectivity index (χ0) is 13.6. The summed E-state index contributed by atoms with van der Waals surface area (Å²) in [6.45, 7) is 4.45. The van der Waals surface area contributed by atoms with Crippen LogP contribution in [0.25, 0.3) is 0 Å². The first-order valence-corrected chi connectivity index (χ1v) is 6.04. The average molecular weight is 251 g/mol. The fraction of sp³-hybridized carbons (Fsp3) is 0.500. The van der Waals surface area contributed by atoms with Gasteiger partial charge in [0, 0.05) is 13.7 Å². The molecule has 0 aliphatic carbocycles. The molecule has 2 N–H and O–H groups in total. The minimum atomic E-state index is -0.920. The van der Waals surface area contributed by atoms with Crippen LogP contribution in [0, 0.1) is 6.92 Å². The summed E-state index contributed by atoms with van der Waals surface area (Å²) in [6, 6.07) is 7.71. The molecule has 0 fully saturated rings. The Balaban J connectivity index is 3.21. The third-order valence-corrected chi connectivity index (χ3v) is 2.98. The van der Waals surface area contributed by atoms with Gasteiger partial charge in [-0.15, -0.1) is 0 Å². The van der Waals surface area contributed by atoms with E-state index < -0.39 is 5.41 Å². The molecule has 1 unspecified atom stereocenters. The number of esters is 1. The summed E-state index contributed by atoms with van der Waals surface area (Å²) >= 11 is 0. The van der Waals surface area contributed by atoms with E-state index in [1.54, 1.807) is 14.0 Å². The monoisotopic (exact) mass is 251 g/mol. The van der Waals surface area contributed by atoms with E-state index in [0.717, 1.165) is 11.1 Å². The number of hydrogen-bond acceptors (Lipinski definition) is 4. The van der Waals surface area contributed by atoms with E-state index in [-0.39, 0.29) is 19.1 Å². The number of aryl methyl sites for hydroxylation is 1. The largest absolute Gasteiger partial charge is 0.465 e. The van der Waals surface area contributed by atoms with Crippen LogP contribution in [0.1, 0.15) is 18.1 Å². The van der Waals surface area contributed by atoms with E-state index in [1.165, 1.54) is 0 Å². The number of ether oxygens (including phenoxy) is 2. The molecule has 0 saturated carbocycles. The maximum absolute atomic E-state index is 12.2. The molecule has 1 rings (SSSR count). The van der Waals surface area contributed by atoms with Gasteiger partial charge in [0.15, 0.2) is 0 Å². The van der Waals surface area contributed by atoms with E-state index in [2.05, 4.69) is 0 Å². The van der Waals surface area contributed by atoms with Gasteiger partial charge in [-0.2, -0.15) is 0 Å². The molecule has 0 aliphatic heterocycles. The van der Waals surface area contributed by atoms with Crippen molar-refractivity contribution >= 4 is 5.97 Å². The van der Waals surface area contributed by atoms with Crippen molar-refractivity contribution in [3.63, 3.8) is 0 Å². The van der Waals surface area contributed by atoms with Crippen molar-refractivity contribution in [3.05, 3.63) is 35.4 Å². The van der Waals surface area contributed by atoms with Crippen LogP contribution in [0.5, 0.6) is 0 Å². The lowest BCUT2D eigenvalue weighted by atomic mass is 9.80. The molecular weight excluding hydrogens is 230 g/mol. The Kier molecular flexibility index (Phi) is 5.31. The third kappa shape index (κ3) is 2.89. The Labute approximate surface area is 108 Å². The van der Waals surface area contributed by atoms with Gasteiger partial charge in [0.25, 0.3) is 0 Å². The van der Waals surface area contributed by atoms with E-state index >= 15 is 0 Å². The van der Waals surface area contributed by atoms with Crippen LogP contribution in [0.15, 0.2) is 24.3 Å². The fourth-order valence-corrected chi connectivity index (χ4v) is 1.98. The summed E-state index contributed by atoms with van der Waals surface area (Å²) < 4.78 is 10.3. The molecule has 1 aromatic carbocycles. The highest BCUT2D eigenvalue weighted by Gasteiger charge is 2.40. The number of hydrogen-bond donors (Lipinski definition) is 1. The standard InChI is InChI=1S/C14H21NO3/c1-4-18-13(16)14(9-15,10-17-3)12-7-5-6-11(2)8-12/h5-8H,4,9-10,15H2,1-3H3. The summed E-state index contributed by atoms with van der Waals surface area (Å²) in [5.41, 5.74) is 6.82. The average Bonchev–Trinajstić information content (AvgIpc) is 2.36. The highest BCUT2D eigenvalue weighted by Crippen LogP contribution is 2.26. The third-order valence-electron chi connectivity index (χ3n) is 2.98. The zero-order valence-corrected chi connectivity index (χ0v) is 11.2. The van der Waals surface area contributed by atoms with Crippen molar-refractivity contribution in [1.29, 1.82) is 0 Å². The smallest absolute Gasteiger partial charge is 0.320 e. The van der Waals surface area contributed by atoms with E-state index in [0.29, 0.717) is 6.61 Å². The highest BCUT2D eigenvalue weighted by molar-refractivity contribution is 5.84. The van der Waals surface area contributed by atoms with Gasteiger partial charge in [0.1, 0.15) is 5.41 Å². The second-order valence-electron chi connectivity index (χ2n) is 4.31. The number of benzene rings is 1. The maximum atomic E-state index is 12.2. The van der Waals surface area contributed by atoms with Crippen molar-refractivity contribution in [2.45, 2.75) is 19.3 Å². The zero-order valence-electron chi connectivity index (χ0n) is 11.2. The number of rotatable bonds is 6. The van der Waals surface area contributed by atoms with Crippen LogP contribution in [0.2, 0.25) is 0 Å². The highest BCUT2D eigenvalue weighted by atomic mass is 16.5. The molecule has 4 nitrogen and oxygen atoms in total. The van der Waals surface area contributed by atoms with Crippen LogP contribution in [-0.2, 0) is 19.7 Å². The molecule has 0 aliphatic rings. The summed E-state index contributed by atoms with van der Waals surface area (Å²) in [5, 5.41) is 0. The molecule has 0 bridgehead atoms. The van der Waals surface area contributed by atoms with Gasteiger partial charge in [-0.1, -0.05) is 29.8 Å².